The van der Waals surface area contributed by atoms with E-state index in [0.29, 0.717) is 11.1 Å². The van der Waals surface area contributed by atoms with Crippen LogP contribution in [-0.4, -0.2) is 53.6 Å². The number of carboxylic acid groups (broad SMARTS) is 2. The average molecular weight is 418 g/mol. The van der Waals surface area contributed by atoms with Gasteiger partial charge in [-0.3, -0.25) is 14.5 Å². The van der Waals surface area contributed by atoms with Gasteiger partial charge < -0.3 is 15.9 Å². The second-order valence-corrected chi connectivity index (χ2v) is 9.25. The van der Waals surface area contributed by atoms with Crippen LogP contribution in [0.2, 0.25) is 0 Å². The minimum Gasteiger partial charge on any atom is -0.480 e. The molecule has 1 aliphatic heterocycles. The fourth-order valence-electron chi connectivity index (χ4n) is 3.56. The van der Waals surface area contributed by atoms with Crippen molar-refractivity contribution in [3.63, 3.8) is 0 Å². The Morgan fingerprint density at radius 2 is 1.62 bits per heavy atom. The molecule has 0 saturated carbocycles. The summed E-state index contributed by atoms with van der Waals surface area (Å²) in [6, 6.07) is 13.8. The number of nitrogens with zero attached hydrogens (tertiary/aromatic N) is 1. The van der Waals surface area contributed by atoms with Gasteiger partial charge in [-0.05, 0) is 23.3 Å². The van der Waals surface area contributed by atoms with E-state index in [0.717, 1.165) is 0 Å². The molecule has 0 radical (unpaired) electrons. The van der Waals surface area contributed by atoms with Gasteiger partial charge in [-0.1, -0.05) is 42.5 Å². The SMILES string of the molecule is N[C@]1(C(=O)O)C[C@H](C(=O)O)N(Cc2ccccc2CS(=O)(=O)c2ccccc2)C1. The second kappa shape index (κ2) is 7.94. The van der Waals surface area contributed by atoms with Crippen LogP contribution in [0, 0.1) is 0 Å². The number of likely N-dealkylation sites (tertiary alicyclic amines) is 1. The predicted octanol–water partition coefficient (Wildman–Crippen LogP) is 1.10. The molecule has 2 atom stereocenters. The van der Waals surface area contributed by atoms with E-state index in [2.05, 4.69) is 0 Å². The summed E-state index contributed by atoms with van der Waals surface area (Å²) in [7, 11) is -3.59. The molecule has 8 nitrogen and oxygen atoms in total. The number of aliphatic carboxylic acids is 2. The lowest BCUT2D eigenvalue weighted by Gasteiger charge is -2.23. The van der Waals surface area contributed by atoms with Crippen LogP contribution >= 0.6 is 0 Å². The van der Waals surface area contributed by atoms with Gasteiger partial charge in [0.05, 0.1) is 10.6 Å². The molecule has 0 spiro atoms. The molecule has 0 amide bonds. The molecule has 3 rings (SSSR count). The number of benzene rings is 2. The molecule has 1 saturated heterocycles. The standard InChI is InChI=1S/C20H22N2O6S/c21-20(19(25)26)10-17(18(23)24)22(13-20)11-14-6-4-5-7-15(14)12-29(27,28)16-8-2-1-3-9-16/h1-9,17H,10-13,21H2,(H,23,24)(H,25,26)/t17-,20-/m1/s1. The lowest BCUT2D eigenvalue weighted by atomic mass is 9.98. The van der Waals surface area contributed by atoms with Gasteiger partial charge >= 0.3 is 11.9 Å². The topological polar surface area (TPSA) is 138 Å². The van der Waals surface area contributed by atoms with Crippen molar-refractivity contribution in [1.29, 1.82) is 0 Å². The first-order chi connectivity index (χ1) is 13.6. The van der Waals surface area contributed by atoms with Gasteiger partial charge in [0.25, 0.3) is 0 Å². The van der Waals surface area contributed by atoms with E-state index >= 15 is 0 Å². The maximum absolute atomic E-state index is 12.8. The van der Waals surface area contributed by atoms with Crippen molar-refractivity contribution < 1.29 is 28.2 Å². The molecule has 0 bridgehead atoms. The highest BCUT2D eigenvalue weighted by molar-refractivity contribution is 7.90. The summed E-state index contributed by atoms with van der Waals surface area (Å²) in [5.74, 6) is -2.66. The van der Waals surface area contributed by atoms with Gasteiger partial charge in [-0.15, -0.1) is 0 Å². The maximum Gasteiger partial charge on any atom is 0.325 e. The Kier molecular flexibility index (Phi) is 5.74. The smallest absolute Gasteiger partial charge is 0.325 e. The minimum atomic E-state index is -3.59. The van der Waals surface area contributed by atoms with Gasteiger partial charge in [0, 0.05) is 19.5 Å². The Morgan fingerprint density at radius 1 is 1.03 bits per heavy atom. The lowest BCUT2D eigenvalue weighted by molar-refractivity contribution is -0.142. The van der Waals surface area contributed by atoms with E-state index in [1.54, 1.807) is 42.5 Å². The van der Waals surface area contributed by atoms with E-state index in [1.807, 2.05) is 0 Å². The van der Waals surface area contributed by atoms with Crippen LogP contribution in [0.4, 0.5) is 0 Å². The van der Waals surface area contributed by atoms with Crippen molar-refractivity contribution in [2.75, 3.05) is 6.54 Å². The van der Waals surface area contributed by atoms with E-state index in [1.165, 1.54) is 17.0 Å². The third-order valence-electron chi connectivity index (χ3n) is 5.13. The summed E-state index contributed by atoms with van der Waals surface area (Å²) in [6.07, 6.45) is -0.220. The van der Waals surface area contributed by atoms with Crippen molar-refractivity contribution in [2.24, 2.45) is 5.73 Å². The summed E-state index contributed by atoms with van der Waals surface area (Å²) >= 11 is 0. The molecular weight excluding hydrogens is 396 g/mol. The normalized spacial score (nSPS) is 22.4. The highest BCUT2D eigenvalue weighted by Gasteiger charge is 2.49. The number of nitrogens with two attached hydrogens (primary N) is 1. The van der Waals surface area contributed by atoms with Gasteiger partial charge in [0.2, 0.25) is 0 Å². The van der Waals surface area contributed by atoms with Crippen LogP contribution in [0.5, 0.6) is 0 Å². The molecule has 1 aliphatic rings. The molecule has 4 N–H and O–H groups in total. The van der Waals surface area contributed by atoms with Crippen LogP contribution in [0.1, 0.15) is 17.5 Å². The summed E-state index contributed by atoms with van der Waals surface area (Å²) in [5, 5.41) is 18.9. The molecule has 154 valence electrons. The Labute approximate surface area is 168 Å². The fourth-order valence-corrected chi connectivity index (χ4v) is 4.99. The molecule has 0 aliphatic carbocycles. The highest BCUT2D eigenvalue weighted by Crippen LogP contribution is 2.29. The molecular formula is C20H22N2O6S. The summed E-state index contributed by atoms with van der Waals surface area (Å²) in [5.41, 5.74) is 5.38. The van der Waals surface area contributed by atoms with Crippen molar-refractivity contribution in [3.8, 4) is 0 Å². The Balaban J connectivity index is 1.88. The van der Waals surface area contributed by atoms with Crippen LogP contribution in [-0.2, 0) is 31.7 Å². The zero-order valence-electron chi connectivity index (χ0n) is 15.6. The first-order valence-electron chi connectivity index (χ1n) is 8.96. The van der Waals surface area contributed by atoms with E-state index in [4.69, 9.17) is 5.73 Å². The summed E-state index contributed by atoms with van der Waals surface area (Å²) < 4.78 is 25.5. The zero-order valence-corrected chi connectivity index (χ0v) is 16.4. The van der Waals surface area contributed by atoms with Crippen LogP contribution in [0.15, 0.2) is 59.5 Å². The second-order valence-electron chi connectivity index (χ2n) is 7.27. The average Bonchev–Trinajstić information content (AvgIpc) is 3.02. The van der Waals surface area contributed by atoms with Crippen molar-refractivity contribution >= 4 is 21.8 Å². The largest absolute Gasteiger partial charge is 0.480 e. The number of hydrogen-bond donors (Lipinski definition) is 3. The number of rotatable bonds is 7. The molecule has 0 aromatic heterocycles. The predicted molar refractivity (Wildman–Crippen MR) is 105 cm³/mol. The molecule has 29 heavy (non-hydrogen) atoms. The first kappa shape index (κ1) is 21.0. The molecule has 9 heteroatoms. The maximum atomic E-state index is 12.8. The number of sulfone groups is 1. The molecule has 2 aromatic carbocycles. The van der Waals surface area contributed by atoms with Crippen LogP contribution < -0.4 is 5.73 Å². The summed E-state index contributed by atoms with van der Waals surface area (Å²) in [6.45, 7) is -0.0528. The van der Waals surface area contributed by atoms with Crippen LogP contribution in [0.25, 0.3) is 0 Å². The van der Waals surface area contributed by atoms with Crippen LogP contribution in [0.3, 0.4) is 0 Å². The third-order valence-corrected chi connectivity index (χ3v) is 6.82. The first-order valence-corrected chi connectivity index (χ1v) is 10.6. The third kappa shape index (κ3) is 4.47. The monoisotopic (exact) mass is 418 g/mol. The van der Waals surface area contributed by atoms with Gasteiger partial charge in [0.15, 0.2) is 9.84 Å². The van der Waals surface area contributed by atoms with E-state index < -0.39 is 33.4 Å². The van der Waals surface area contributed by atoms with Crippen molar-refractivity contribution in [1.82, 2.24) is 4.90 Å². The van der Waals surface area contributed by atoms with E-state index in [-0.39, 0.29) is 30.2 Å². The molecule has 0 unspecified atom stereocenters. The molecule has 2 aromatic rings. The minimum absolute atomic E-state index is 0.0870. The Morgan fingerprint density at radius 3 is 2.21 bits per heavy atom. The number of carbonyl (C=O) groups is 2. The highest BCUT2D eigenvalue weighted by atomic mass is 32.2. The zero-order chi connectivity index (χ0) is 21.2. The number of carboxylic acids is 2. The Bertz CT molecular complexity index is 1020. The van der Waals surface area contributed by atoms with Gasteiger partial charge in [-0.25, -0.2) is 8.42 Å². The van der Waals surface area contributed by atoms with Gasteiger partial charge in [0.1, 0.15) is 11.6 Å². The summed E-state index contributed by atoms with van der Waals surface area (Å²) in [4.78, 5) is 24.8. The van der Waals surface area contributed by atoms with Crippen molar-refractivity contribution in [3.05, 3.63) is 65.7 Å². The molecule has 1 heterocycles. The Hall–Kier alpha value is -2.75. The lowest BCUT2D eigenvalue weighted by Crippen LogP contribution is -2.50. The fraction of sp³-hybridized carbons (Fsp3) is 0.300. The van der Waals surface area contributed by atoms with E-state index in [9.17, 15) is 28.2 Å². The molecule has 1 fully saturated rings. The number of hydrogen-bond acceptors (Lipinski definition) is 6. The van der Waals surface area contributed by atoms with Gasteiger partial charge in [-0.2, -0.15) is 0 Å². The quantitative estimate of drug-likeness (QED) is 0.608. The van der Waals surface area contributed by atoms with Crippen molar-refractivity contribution in [2.45, 2.75) is 35.2 Å².